The Balaban J connectivity index is 2.21. The van der Waals surface area contributed by atoms with Gasteiger partial charge in [0.2, 0.25) is 0 Å². The number of rotatable bonds is 3. The largest absolute Gasteiger partial charge is 0.388 e. The molecule has 1 aromatic rings. The summed E-state index contributed by atoms with van der Waals surface area (Å²) in [6, 6.07) is 8.11. The molecule has 1 saturated carbocycles. The number of aliphatic hydroxyl groups is 1. The second-order valence-electron chi connectivity index (χ2n) is 5.40. The molecule has 88 valence electrons. The van der Waals surface area contributed by atoms with Crippen LogP contribution in [0.1, 0.15) is 37.0 Å². The van der Waals surface area contributed by atoms with E-state index in [9.17, 15) is 5.11 Å². The molecular weight excluding hydrogens is 198 g/mol. The molecule has 2 nitrogen and oxygen atoms in total. The fraction of sp³-hybridized carbons (Fsp3) is 0.571. The Hall–Kier alpha value is -0.860. The van der Waals surface area contributed by atoms with Gasteiger partial charge in [-0.1, -0.05) is 36.8 Å². The summed E-state index contributed by atoms with van der Waals surface area (Å²) in [6.45, 7) is 4.85. The van der Waals surface area contributed by atoms with Crippen LogP contribution in [-0.2, 0) is 0 Å². The first-order valence-corrected chi connectivity index (χ1v) is 6.02. The monoisotopic (exact) mass is 219 g/mol. The van der Waals surface area contributed by atoms with Gasteiger partial charge in [0.1, 0.15) is 0 Å². The lowest BCUT2D eigenvalue weighted by Crippen LogP contribution is -2.46. The van der Waals surface area contributed by atoms with Crippen molar-refractivity contribution in [3.8, 4) is 0 Å². The van der Waals surface area contributed by atoms with Gasteiger partial charge in [-0.3, -0.25) is 0 Å². The summed E-state index contributed by atoms with van der Waals surface area (Å²) < 4.78 is 0. The van der Waals surface area contributed by atoms with Gasteiger partial charge in [-0.2, -0.15) is 0 Å². The molecule has 2 rings (SSSR count). The van der Waals surface area contributed by atoms with E-state index < -0.39 is 6.10 Å². The first-order chi connectivity index (χ1) is 7.57. The fourth-order valence-corrected chi connectivity index (χ4v) is 3.02. The number of aryl methyl sites for hydroxylation is 1. The summed E-state index contributed by atoms with van der Waals surface area (Å²) >= 11 is 0. The minimum Gasteiger partial charge on any atom is -0.388 e. The molecule has 1 aliphatic rings. The molecular formula is C14H21NO. The van der Waals surface area contributed by atoms with Crippen LogP contribution >= 0.6 is 0 Å². The average Bonchev–Trinajstić information content (AvgIpc) is 2.23. The maximum absolute atomic E-state index is 10.5. The van der Waals surface area contributed by atoms with Crippen molar-refractivity contribution >= 4 is 0 Å². The SMILES string of the molecule is Cc1cccc(C(O)C2(CN)CC(C)C2)c1. The van der Waals surface area contributed by atoms with Crippen LogP contribution < -0.4 is 5.73 Å². The van der Waals surface area contributed by atoms with Gasteiger partial charge in [0, 0.05) is 12.0 Å². The van der Waals surface area contributed by atoms with E-state index >= 15 is 0 Å². The van der Waals surface area contributed by atoms with E-state index in [-0.39, 0.29) is 5.41 Å². The van der Waals surface area contributed by atoms with E-state index in [1.54, 1.807) is 0 Å². The van der Waals surface area contributed by atoms with Crippen LogP contribution in [0.15, 0.2) is 24.3 Å². The van der Waals surface area contributed by atoms with Gasteiger partial charge in [-0.25, -0.2) is 0 Å². The van der Waals surface area contributed by atoms with Crippen LogP contribution in [0, 0.1) is 18.3 Å². The summed E-state index contributed by atoms with van der Waals surface area (Å²) in [5.41, 5.74) is 7.97. The number of benzene rings is 1. The lowest BCUT2D eigenvalue weighted by atomic mass is 9.58. The number of nitrogens with two attached hydrogens (primary N) is 1. The predicted octanol–water partition coefficient (Wildman–Crippen LogP) is 2.40. The molecule has 0 aromatic heterocycles. The number of aliphatic hydroxyl groups excluding tert-OH is 1. The molecule has 1 fully saturated rings. The van der Waals surface area contributed by atoms with Crippen molar-refractivity contribution in [2.45, 2.75) is 32.8 Å². The molecule has 0 radical (unpaired) electrons. The van der Waals surface area contributed by atoms with Crippen LogP contribution in [0.5, 0.6) is 0 Å². The van der Waals surface area contributed by atoms with Gasteiger partial charge in [0.25, 0.3) is 0 Å². The standard InChI is InChI=1S/C14H21NO/c1-10-4-3-5-12(6-10)13(16)14(9-15)7-11(2)8-14/h3-6,11,13,16H,7-9,15H2,1-2H3. The molecule has 16 heavy (non-hydrogen) atoms. The highest BCUT2D eigenvalue weighted by Gasteiger charge is 2.46. The molecule has 3 N–H and O–H groups in total. The third-order valence-corrected chi connectivity index (χ3v) is 3.85. The smallest absolute Gasteiger partial charge is 0.0858 e. The van der Waals surface area contributed by atoms with Crippen molar-refractivity contribution in [2.75, 3.05) is 6.54 Å². The van der Waals surface area contributed by atoms with Crippen molar-refractivity contribution < 1.29 is 5.11 Å². The minimum atomic E-state index is -0.409. The van der Waals surface area contributed by atoms with Crippen LogP contribution in [0.2, 0.25) is 0 Å². The number of hydrogen-bond donors (Lipinski definition) is 2. The van der Waals surface area contributed by atoms with Gasteiger partial charge >= 0.3 is 0 Å². The van der Waals surface area contributed by atoms with Crippen molar-refractivity contribution in [1.82, 2.24) is 0 Å². The molecule has 0 spiro atoms. The Bertz CT molecular complexity index is 369. The summed E-state index contributed by atoms with van der Waals surface area (Å²) in [5, 5.41) is 10.5. The highest BCUT2D eigenvalue weighted by Crippen LogP contribution is 2.52. The maximum Gasteiger partial charge on any atom is 0.0858 e. The summed E-state index contributed by atoms with van der Waals surface area (Å²) in [7, 11) is 0. The zero-order chi connectivity index (χ0) is 11.8. The molecule has 2 heteroatoms. The second kappa shape index (κ2) is 4.19. The molecule has 0 amide bonds. The summed E-state index contributed by atoms with van der Waals surface area (Å²) in [5.74, 6) is 0.697. The van der Waals surface area contributed by atoms with Crippen LogP contribution in [-0.4, -0.2) is 11.7 Å². The predicted molar refractivity (Wildman–Crippen MR) is 66.0 cm³/mol. The highest BCUT2D eigenvalue weighted by molar-refractivity contribution is 5.26. The lowest BCUT2D eigenvalue weighted by molar-refractivity contribution is -0.0602. The Labute approximate surface area is 97.5 Å². The Kier molecular flexibility index (Phi) is 3.04. The summed E-state index contributed by atoms with van der Waals surface area (Å²) in [4.78, 5) is 0. The third-order valence-electron chi connectivity index (χ3n) is 3.85. The van der Waals surface area contributed by atoms with E-state index in [2.05, 4.69) is 26.0 Å². The molecule has 1 aliphatic carbocycles. The molecule has 1 aromatic carbocycles. The highest BCUT2D eigenvalue weighted by atomic mass is 16.3. The van der Waals surface area contributed by atoms with Gasteiger partial charge in [-0.05, 0) is 31.2 Å². The van der Waals surface area contributed by atoms with E-state index in [0.717, 1.165) is 18.4 Å². The van der Waals surface area contributed by atoms with Gasteiger partial charge in [0.05, 0.1) is 6.10 Å². The Morgan fingerprint density at radius 2 is 2.19 bits per heavy atom. The summed E-state index contributed by atoms with van der Waals surface area (Å²) in [6.07, 6.45) is 1.67. The minimum absolute atomic E-state index is 0.0762. The molecule has 0 saturated heterocycles. The van der Waals surface area contributed by atoms with Gasteiger partial charge < -0.3 is 10.8 Å². The fourth-order valence-electron chi connectivity index (χ4n) is 3.02. The molecule has 0 heterocycles. The topological polar surface area (TPSA) is 46.2 Å². The number of hydrogen-bond acceptors (Lipinski definition) is 2. The zero-order valence-electron chi connectivity index (χ0n) is 10.1. The van der Waals surface area contributed by atoms with Crippen molar-refractivity contribution in [3.05, 3.63) is 35.4 Å². The third kappa shape index (κ3) is 1.87. The molecule has 0 bridgehead atoms. The van der Waals surface area contributed by atoms with E-state index in [0.29, 0.717) is 12.5 Å². The van der Waals surface area contributed by atoms with Crippen molar-refractivity contribution in [2.24, 2.45) is 17.1 Å². The Morgan fingerprint density at radius 3 is 2.69 bits per heavy atom. The first kappa shape index (κ1) is 11.6. The van der Waals surface area contributed by atoms with Gasteiger partial charge in [-0.15, -0.1) is 0 Å². The molecule has 1 atom stereocenters. The molecule has 0 aliphatic heterocycles. The van der Waals surface area contributed by atoms with E-state index in [4.69, 9.17) is 5.73 Å². The Morgan fingerprint density at radius 1 is 1.50 bits per heavy atom. The molecule has 1 unspecified atom stereocenters. The van der Waals surface area contributed by atoms with Gasteiger partial charge in [0.15, 0.2) is 0 Å². The van der Waals surface area contributed by atoms with E-state index in [1.807, 2.05) is 12.1 Å². The van der Waals surface area contributed by atoms with Crippen molar-refractivity contribution in [3.63, 3.8) is 0 Å². The normalized spacial score (nSPS) is 30.9. The average molecular weight is 219 g/mol. The zero-order valence-corrected chi connectivity index (χ0v) is 10.1. The van der Waals surface area contributed by atoms with Crippen LogP contribution in [0.3, 0.4) is 0 Å². The van der Waals surface area contributed by atoms with Crippen LogP contribution in [0.25, 0.3) is 0 Å². The van der Waals surface area contributed by atoms with Crippen molar-refractivity contribution in [1.29, 1.82) is 0 Å². The second-order valence-corrected chi connectivity index (χ2v) is 5.40. The maximum atomic E-state index is 10.5. The quantitative estimate of drug-likeness (QED) is 0.820. The van der Waals surface area contributed by atoms with Crippen LogP contribution in [0.4, 0.5) is 0 Å². The first-order valence-electron chi connectivity index (χ1n) is 6.02. The van der Waals surface area contributed by atoms with E-state index in [1.165, 1.54) is 5.56 Å². The lowest BCUT2D eigenvalue weighted by Gasteiger charge is -2.49.